The molecule has 2 aromatic rings. The maximum Gasteiger partial charge on any atom is 0.425 e. The number of likely N-dealkylation sites (tertiary alicyclic amines) is 1. The van der Waals surface area contributed by atoms with Gasteiger partial charge in [0.05, 0.1) is 25.0 Å². The quantitative estimate of drug-likeness (QED) is 0.459. The molecule has 2 N–H and O–H groups in total. The molecule has 188 valence electrons. The minimum atomic E-state index is -4.56. The van der Waals surface area contributed by atoms with E-state index in [-0.39, 0.29) is 25.0 Å². The van der Waals surface area contributed by atoms with Crippen LogP contribution in [0.2, 0.25) is 0 Å². The van der Waals surface area contributed by atoms with E-state index in [0.29, 0.717) is 54.3 Å². The van der Waals surface area contributed by atoms with Gasteiger partial charge in [-0.15, -0.1) is 11.3 Å². The summed E-state index contributed by atoms with van der Waals surface area (Å²) >= 11 is 0.594. The van der Waals surface area contributed by atoms with E-state index in [1.807, 2.05) is 6.20 Å². The number of ether oxygens (including phenoxy) is 1. The third-order valence-electron chi connectivity index (χ3n) is 7.54. The third kappa shape index (κ3) is 4.41. The molecule has 0 bridgehead atoms. The zero-order chi connectivity index (χ0) is 24.1. The van der Waals surface area contributed by atoms with Crippen molar-refractivity contribution in [3.8, 4) is 0 Å². The van der Waals surface area contributed by atoms with Gasteiger partial charge in [-0.1, -0.05) is 0 Å². The predicted octanol–water partition coefficient (Wildman–Crippen LogP) is 4.12. The van der Waals surface area contributed by atoms with Crippen molar-refractivity contribution in [2.75, 3.05) is 13.2 Å². The summed E-state index contributed by atoms with van der Waals surface area (Å²) in [4.78, 5) is 1.27. The van der Waals surface area contributed by atoms with E-state index in [9.17, 15) is 23.4 Å². The summed E-state index contributed by atoms with van der Waals surface area (Å²) in [5, 5.41) is 24.2. The Bertz CT molecular complexity index is 1040. The van der Waals surface area contributed by atoms with Crippen LogP contribution in [0.15, 0.2) is 12.4 Å². The zero-order valence-electron chi connectivity index (χ0n) is 18.8. The van der Waals surface area contributed by atoms with Crippen LogP contribution in [0.4, 0.5) is 17.6 Å². The van der Waals surface area contributed by atoms with Crippen molar-refractivity contribution in [2.24, 2.45) is 0 Å². The number of piperidine rings is 1. The zero-order valence-corrected chi connectivity index (χ0v) is 19.6. The maximum absolute atomic E-state index is 15.4. The van der Waals surface area contributed by atoms with Crippen LogP contribution in [-0.4, -0.2) is 49.9 Å². The number of hydrogen-bond donors (Lipinski definition) is 2. The Morgan fingerprint density at radius 2 is 2.06 bits per heavy atom. The average Bonchev–Trinajstić information content (AvgIpc) is 3.38. The second-order valence-corrected chi connectivity index (χ2v) is 10.8. The molecule has 2 atom stereocenters. The number of halogens is 4. The molecule has 1 aliphatic carbocycles. The minimum Gasteiger partial charge on any atom is -0.392 e. The second kappa shape index (κ2) is 8.85. The molecule has 3 aliphatic rings. The molecule has 1 saturated carbocycles. The highest BCUT2D eigenvalue weighted by Gasteiger charge is 2.49. The number of hydrogen-bond acceptors (Lipinski definition) is 6. The lowest BCUT2D eigenvalue weighted by Crippen LogP contribution is -2.49. The maximum atomic E-state index is 15.4. The van der Waals surface area contributed by atoms with Crippen LogP contribution in [0.3, 0.4) is 0 Å². The van der Waals surface area contributed by atoms with Gasteiger partial charge in [0.2, 0.25) is 0 Å². The number of aryl methyl sites for hydroxylation is 1. The number of rotatable bonds is 6. The van der Waals surface area contributed by atoms with Crippen molar-refractivity contribution in [1.29, 1.82) is 0 Å². The van der Waals surface area contributed by atoms with Crippen molar-refractivity contribution < 1.29 is 32.5 Å². The summed E-state index contributed by atoms with van der Waals surface area (Å²) in [6.45, 7) is 0.791. The van der Waals surface area contributed by atoms with E-state index in [2.05, 4.69) is 5.10 Å². The molecular weight excluding hydrogens is 474 g/mol. The van der Waals surface area contributed by atoms with Gasteiger partial charge in [0, 0.05) is 48.3 Å². The number of thiophene rings is 1. The Morgan fingerprint density at radius 3 is 2.71 bits per heavy atom. The van der Waals surface area contributed by atoms with Gasteiger partial charge in [0.25, 0.3) is 0 Å². The van der Waals surface area contributed by atoms with Crippen LogP contribution in [-0.2, 0) is 42.6 Å². The molecule has 11 heteroatoms. The van der Waals surface area contributed by atoms with E-state index in [0.717, 1.165) is 24.8 Å². The monoisotopic (exact) mass is 503 g/mol. The number of nitrogens with zero attached hydrogens (tertiary/aromatic N) is 3. The van der Waals surface area contributed by atoms with Crippen LogP contribution >= 0.6 is 11.3 Å². The first-order valence-electron chi connectivity index (χ1n) is 11.7. The van der Waals surface area contributed by atoms with Gasteiger partial charge >= 0.3 is 6.18 Å². The molecule has 6 nitrogen and oxygen atoms in total. The Kier molecular flexibility index (Phi) is 6.29. The largest absolute Gasteiger partial charge is 0.425 e. The Morgan fingerprint density at radius 1 is 1.26 bits per heavy atom. The molecule has 1 spiro atoms. The molecule has 2 aliphatic heterocycles. The van der Waals surface area contributed by atoms with Crippen LogP contribution in [0.5, 0.6) is 0 Å². The topological polar surface area (TPSA) is 70.8 Å². The summed E-state index contributed by atoms with van der Waals surface area (Å²) in [5.74, 6) is 0. The first-order chi connectivity index (χ1) is 16.1. The first kappa shape index (κ1) is 24.2. The fraction of sp³-hybridized carbons (Fsp3) is 0.696. The number of fused-ring (bicyclic) bond motifs is 2. The van der Waals surface area contributed by atoms with E-state index in [1.54, 1.807) is 15.8 Å². The van der Waals surface area contributed by atoms with E-state index in [4.69, 9.17) is 4.74 Å². The smallest absolute Gasteiger partial charge is 0.392 e. The highest BCUT2D eigenvalue weighted by Crippen LogP contribution is 2.52. The molecule has 0 amide bonds. The fourth-order valence-corrected chi connectivity index (χ4v) is 6.84. The molecule has 0 radical (unpaired) electrons. The lowest BCUT2D eigenvalue weighted by Gasteiger charge is -2.45. The molecule has 5 rings (SSSR count). The molecule has 0 unspecified atom stereocenters. The van der Waals surface area contributed by atoms with Gasteiger partial charge in [-0.2, -0.15) is 18.3 Å². The van der Waals surface area contributed by atoms with Crippen LogP contribution < -0.4 is 0 Å². The summed E-state index contributed by atoms with van der Waals surface area (Å²) in [6.07, 6.45) is 1.54. The summed E-state index contributed by atoms with van der Waals surface area (Å²) in [7, 11) is 0. The fourth-order valence-electron chi connectivity index (χ4n) is 5.43. The van der Waals surface area contributed by atoms with Gasteiger partial charge in [-0.25, -0.2) is 4.39 Å². The lowest BCUT2D eigenvalue weighted by molar-refractivity contribution is -0.136. The SMILES string of the molecule is OCc1c(C(F)(F)F)sc2c1CCO[C@@]21CCN(Cc2cnn(CCC3(O)CCC3)c2)[C@@H](F)C1. The Balaban J connectivity index is 1.27. The van der Waals surface area contributed by atoms with Crippen molar-refractivity contribution >= 4 is 11.3 Å². The normalized spacial score (nSPS) is 27.1. The number of aliphatic hydroxyl groups excluding tert-OH is 1. The molecule has 34 heavy (non-hydrogen) atoms. The molecule has 0 aromatic carbocycles. The van der Waals surface area contributed by atoms with Crippen LogP contribution in [0.1, 0.15) is 65.0 Å². The van der Waals surface area contributed by atoms with Gasteiger partial charge in [0.1, 0.15) is 10.5 Å². The van der Waals surface area contributed by atoms with Gasteiger partial charge < -0.3 is 14.9 Å². The molecule has 2 aromatic heterocycles. The molecule has 2 fully saturated rings. The number of aromatic nitrogens is 2. The number of alkyl halides is 4. The highest BCUT2D eigenvalue weighted by molar-refractivity contribution is 7.12. The van der Waals surface area contributed by atoms with Crippen molar-refractivity contribution in [3.05, 3.63) is 38.8 Å². The molecular formula is C23H29F4N3O3S. The minimum absolute atomic E-state index is 0.0517. The van der Waals surface area contributed by atoms with Gasteiger partial charge in [-0.3, -0.25) is 9.58 Å². The Hall–Kier alpha value is -1.53. The summed E-state index contributed by atoms with van der Waals surface area (Å²) in [6, 6.07) is 0. The van der Waals surface area contributed by atoms with E-state index < -0.39 is 35.2 Å². The molecule has 1 saturated heterocycles. The third-order valence-corrected chi connectivity index (χ3v) is 9.04. The van der Waals surface area contributed by atoms with Crippen molar-refractivity contribution in [2.45, 2.75) is 88.3 Å². The van der Waals surface area contributed by atoms with E-state index >= 15 is 4.39 Å². The van der Waals surface area contributed by atoms with Crippen LogP contribution in [0, 0.1) is 0 Å². The predicted molar refractivity (Wildman–Crippen MR) is 117 cm³/mol. The first-order valence-corrected chi connectivity index (χ1v) is 12.5. The second-order valence-electron chi connectivity index (χ2n) is 9.76. The standard InChI is InChI=1S/C23H29F4N3O3S/c24-18-10-22(19-16(2-9-33-22)17(14-31)20(34-19)23(25,26)27)6-7-29(18)12-15-11-28-30(13-15)8-5-21(32)3-1-4-21/h11,13,18,31-32H,1-10,12,14H2/t18-,22-/m1/s1. The lowest BCUT2D eigenvalue weighted by atomic mass is 9.78. The highest BCUT2D eigenvalue weighted by atomic mass is 32.1. The average molecular weight is 504 g/mol. The van der Waals surface area contributed by atoms with Crippen LogP contribution in [0.25, 0.3) is 0 Å². The molecule has 4 heterocycles. The number of aliphatic hydroxyl groups is 2. The summed E-state index contributed by atoms with van der Waals surface area (Å²) in [5.41, 5.74) is -0.445. The van der Waals surface area contributed by atoms with Crippen molar-refractivity contribution in [1.82, 2.24) is 14.7 Å². The summed E-state index contributed by atoms with van der Waals surface area (Å²) < 4.78 is 63.8. The van der Waals surface area contributed by atoms with Gasteiger partial charge in [-0.05, 0) is 44.1 Å². The van der Waals surface area contributed by atoms with Gasteiger partial charge in [0.15, 0.2) is 6.30 Å². The Labute approximate surface area is 199 Å². The van der Waals surface area contributed by atoms with E-state index in [1.165, 1.54) is 0 Å². The van der Waals surface area contributed by atoms with Crippen molar-refractivity contribution in [3.63, 3.8) is 0 Å².